The summed E-state index contributed by atoms with van der Waals surface area (Å²) in [5, 5.41) is 7.49. The molecule has 3 aromatic rings. The van der Waals surface area contributed by atoms with Crippen LogP contribution < -0.4 is 20.3 Å². The van der Waals surface area contributed by atoms with E-state index in [0.29, 0.717) is 12.5 Å². The van der Waals surface area contributed by atoms with Crippen molar-refractivity contribution in [3.8, 4) is 5.75 Å². The highest BCUT2D eigenvalue weighted by Crippen LogP contribution is 2.28. The van der Waals surface area contributed by atoms with Gasteiger partial charge in [0.2, 0.25) is 5.95 Å². The second-order valence-electron chi connectivity index (χ2n) is 8.79. The highest BCUT2D eigenvalue weighted by molar-refractivity contribution is 7.78. The summed E-state index contributed by atoms with van der Waals surface area (Å²) < 4.78 is 6.78. The summed E-state index contributed by atoms with van der Waals surface area (Å²) in [5.41, 5.74) is 1.90. The highest BCUT2D eigenvalue weighted by Gasteiger charge is 2.28. The second-order valence-corrected chi connectivity index (χ2v) is 9.22. The van der Waals surface area contributed by atoms with E-state index in [-0.39, 0.29) is 18.1 Å². The third kappa shape index (κ3) is 5.64. The largest absolute Gasteiger partial charge is 0.497 e. The Bertz CT molecular complexity index is 1130. The molecule has 1 aliphatic rings. The number of nitrogens with zero attached hydrogens (tertiary/aromatic N) is 4. The number of rotatable bonds is 7. The van der Waals surface area contributed by atoms with Crippen LogP contribution in [-0.2, 0) is 6.54 Å². The minimum atomic E-state index is -0.184. The fourth-order valence-electron chi connectivity index (χ4n) is 4.32. The molecule has 0 aliphatic heterocycles. The number of para-hydroxylation sites is 1. The monoisotopic (exact) mass is 480 g/mol. The van der Waals surface area contributed by atoms with Crippen LogP contribution in [0.5, 0.6) is 5.75 Å². The van der Waals surface area contributed by atoms with Crippen molar-refractivity contribution in [2.24, 2.45) is 0 Å². The zero-order chi connectivity index (χ0) is 24.1. The molecule has 8 nitrogen and oxygen atoms in total. The van der Waals surface area contributed by atoms with E-state index < -0.39 is 0 Å². The quantitative estimate of drug-likeness (QED) is 0.433. The van der Waals surface area contributed by atoms with Crippen LogP contribution in [0.1, 0.15) is 31.2 Å². The first kappa shape index (κ1) is 23.9. The maximum absolute atomic E-state index is 12.6. The Morgan fingerprint density at radius 2 is 1.85 bits per heavy atom. The number of hydrogen-bond acceptors (Lipinski definition) is 7. The average molecular weight is 481 g/mol. The van der Waals surface area contributed by atoms with Crippen LogP contribution in [0.15, 0.2) is 48.5 Å². The molecule has 1 fully saturated rings. The van der Waals surface area contributed by atoms with Crippen LogP contribution in [0.2, 0.25) is 0 Å². The van der Waals surface area contributed by atoms with Gasteiger partial charge in [0.05, 0.1) is 12.6 Å². The van der Waals surface area contributed by atoms with Gasteiger partial charge in [-0.3, -0.25) is 4.31 Å². The Labute approximate surface area is 206 Å². The Morgan fingerprint density at radius 1 is 1.09 bits per heavy atom. The van der Waals surface area contributed by atoms with E-state index >= 15 is 0 Å². The fourth-order valence-corrected chi connectivity index (χ4v) is 4.62. The SMILES string of the molecule is COc1cccc(CNC(=O)N(S)C2CCC(Nc3nc(N(C)C)c4ccccc4n3)CC2)c1. The van der Waals surface area contributed by atoms with Crippen molar-refractivity contribution in [3.05, 3.63) is 54.1 Å². The van der Waals surface area contributed by atoms with E-state index in [1.54, 1.807) is 7.11 Å². The smallest absolute Gasteiger partial charge is 0.327 e. The second kappa shape index (κ2) is 10.8. The molecule has 0 saturated heterocycles. The molecule has 0 atom stereocenters. The van der Waals surface area contributed by atoms with Gasteiger partial charge in [-0.1, -0.05) is 37.1 Å². The lowest BCUT2D eigenvalue weighted by Gasteiger charge is -2.34. The first-order valence-corrected chi connectivity index (χ1v) is 11.9. The number of nitrogens with one attached hydrogen (secondary N) is 2. The molecule has 4 rings (SSSR count). The van der Waals surface area contributed by atoms with Crippen LogP contribution in [0, 0.1) is 0 Å². The Hall–Kier alpha value is -3.20. The number of urea groups is 1. The molecule has 1 aliphatic carbocycles. The third-order valence-corrected chi connectivity index (χ3v) is 6.68. The summed E-state index contributed by atoms with van der Waals surface area (Å²) in [6, 6.07) is 15.9. The Balaban J connectivity index is 1.31. The zero-order valence-corrected chi connectivity index (χ0v) is 20.8. The van der Waals surface area contributed by atoms with Gasteiger partial charge in [0.15, 0.2) is 0 Å². The molecular formula is C25H32N6O2S. The van der Waals surface area contributed by atoms with E-state index in [4.69, 9.17) is 14.7 Å². The summed E-state index contributed by atoms with van der Waals surface area (Å²) in [4.78, 5) is 24.1. The first-order chi connectivity index (χ1) is 16.4. The number of carbonyl (C=O) groups is 1. The normalized spacial score (nSPS) is 17.8. The van der Waals surface area contributed by atoms with Gasteiger partial charge in [-0.2, -0.15) is 4.98 Å². The lowest BCUT2D eigenvalue weighted by Crippen LogP contribution is -2.43. The van der Waals surface area contributed by atoms with E-state index in [0.717, 1.165) is 53.7 Å². The van der Waals surface area contributed by atoms with Gasteiger partial charge in [-0.25, -0.2) is 9.78 Å². The topological polar surface area (TPSA) is 82.6 Å². The Morgan fingerprint density at radius 3 is 2.59 bits per heavy atom. The molecule has 0 radical (unpaired) electrons. The van der Waals surface area contributed by atoms with E-state index in [1.807, 2.05) is 67.5 Å². The van der Waals surface area contributed by atoms with E-state index in [2.05, 4.69) is 23.4 Å². The molecule has 0 bridgehead atoms. The molecule has 1 heterocycles. The standard InChI is InChI=1S/C25H32N6O2S/c1-30(2)23-21-9-4-5-10-22(21)28-24(29-23)27-18-11-13-19(14-12-18)31(34)25(32)26-16-17-7-6-8-20(15-17)33-3/h4-10,15,18-19,34H,11-14,16H2,1-3H3,(H,26,32)(H,27,28,29). The van der Waals surface area contributed by atoms with Crippen LogP contribution in [0.3, 0.4) is 0 Å². The van der Waals surface area contributed by atoms with Crippen LogP contribution >= 0.6 is 12.8 Å². The first-order valence-electron chi connectivity index (χ1n) is 11.5. The van der Waals surface area contributed by atoms with Crippen molar-refractivity contribution < 1.29 is 9.53 Å². The Kier molecular flexibility index (Phi) is 7.62. The van der Waals surface area contributed by atoms with Gasteiger partial charge in [-0.05, 0) is 55.5 Å². The minimum Gasteiger partial charge on any atom is -0.497 e. The number of amides is 2. The maximum Gasteiger partial charge on any atom is 0.327 e. The van der Waals surface area contributed by atoms with Crippen molar-refractivity contribution in [1.82, 2.24) is 19.6 Å². The number of aromatic nitrogens is 2. The number of benzene rings is 2. The zero-order valence-electron chi connectivity index (χ0n) is 19.9. The maximum atomic E-state index is 12.6. The van der Waals surface area contributed by atoms with Gasteiger partial charge in [0.1, 0.15) is 11.6 Å². The van der Waals surface area contributed by atoms with Crippen LogP contribution in [-0.4, -0.2) is 53.6 Å². The van der Waals surface area contributed by atoms with Gasteiger partial charge >= 0.3 is 6.03 Å². The third-order valence-electron chi connectivity index (χ3n) is 6.17. The predicted molar refractivity (Wildman–Crippen MR) is 140 cm³/mol. The number of carbonyl (C=O) groups excluding carboxylic acids is 1. The molecular weight excluding hydrogens is 448 g/mol. The van der Waals surface area contributed by atoms with E-state index in [1.165, 1.54) is 4.31 Å². The summed E-state index contributed by atoms with van der Waals surface area (Å²) >= 11 is 4.50. The molecule has 2 aromatic carbocycles. The highest BCUT2D eigenvalue weighted by atomic mass is 32.1. The van der Waals surface area contributed by atoms with Crippen molar-refractivity contribution in [2.75, 3.05) is 31.4 Å². The number of methoxy groups -OCH3 is 1. The molecule has 180 valence electrons. The molecule has 1 aromatic heterocycles. The number of thiol groups is 1. The molecule has 34 heavy (non-hydrogen) atoms. The molecule has 2 N–H and O–H groups in total. The molecule has 0 unspecified atom stereocenters. The van der Waals surface area contributed by atoms with Gasteiger partial charge in [0.25, 0.3) is 0 Å². The number of fused-ring (bicyclic) bond motifs is 1. The van der Waals surface area contributed by atoms with Crippen molar-refractivity contribution in [2.45, 2.75) is 44.3 Å². The average Bonchev–Trinajstić information content (AvgIpc) is 2.86. The van der Waals surface area contributed by atoms with Gasteiger partial charge in [0, 0.05) is 38.1 Å². The van der Waals surface area contributed by atoms with Crippen molar-refractivity contribution in [1.29, 1.82) is 0 Å². The molecule has 1 saturated carbocycles. The summed E-state index contributed by atoms with van der Waals surface area (Å²) in [7, 11) is 5.61. The lowest BCUT2D eigenvalue weighted by molar-refractivity contribution is 0.204. The van der Waals surface area contributed by atoms with Crippen LogP contribution in [0.4, 0.5) is 16.6 Å². The number of hydrogen-bond donors (Lipinski definition) is 3. The minimum absolute atomic E-state index is 0.0848. The summed E-state index contributed by atoms with van der Waals surface area (Å²) in [6.45, 7) is 0.428. The van der Waals surface area contributed by atoms with Crippen molar-refractivity contribution in [3.63, 3.8) is 0 Å². The molecule has 2 amide bonds. The molecule has 0 spiro atoms. The number of anilines is 2. The number of ether oxygens (including phenoxy) is 1. The summed E-state index contributed by atoms with van der Waals surface area (Å²) in [5.74, 6) is 2.31. The molecule has 9 heteroatoms. The van der Waals surface area contributed by atoms with Crippen LogP contribution in [0.25, 0.3) is 10.9 Å². The predicted octanol–water partition coefficient (Wildman–Crippen LogP) is 4.48. The lowest BCUT2D eigenvalue weighted by atomic mass is 9.91. The summed E-state index contributed by atoms with van der Waals surface area (Å²) in [6.07, 6.45) is 3.56. The van der Waals surface area contributed by atoms with Crippen molar-refractivity contribution >= 4 is 41.5 Å². The van der Waals surface area contributed by atoms with Gasteiger partial charge < -0.3 is 20.3 Å². The van der Waals surface area contributed by atoms with Gasteiger partial charge in [-0.15, -0.1) is 0 Å². The van der Waals surface area contributed by atoms with E-state index in [9.17, 15) is 4.79 Å². The fraction of sp³-hybridized carbons (Fsp3) is 0.400.